The quantitative estimate of drug-likeness (QED) is 0.0997. The lowest BCUT2D eigenvalue weighted by Gasteiger charge is -2.23. The number of nitro groups is 1. The van der Waals surface area contributed by atoms with Crippen molar-refractivity contribution < 1.29 is 37.9 Å². The fraction of sp³-hybridized carbons (Fsp3) is 0.107. The number of nitrogens with zero attached hydrogens (tertiary/aromatic N) is 3. The molecule has 2 heterocycles. The van der Waals surface area contributed by atoms with Crippen LogP contribution in [0.2, 0.25) is 0 Å². The predicted molar refractivity (Wildman–Crippen MR) is 151 cm³/mol. The number of sulfone groups is 1. The number of carbonyl (C=O) groups excluding carboxylic acids is 2. The molecule has 12 nitrogen and oxygen atoms in total. The molecule has 214 valence electrons. The summed E-state index contributed by atoms with van der Waals surface area (Å²) >= 11 is 0.599. The lowest BCUT2D eigenvalue weighted by atomic mass is 9.95. The summed E-state index contributed by atoms with van der Waals surface area (Å²) in [4.78, 5) is 42.0. The number of phenolic OH excluding ortho intramolecular Hbond substituents is 1. The molecule has 0 aliphatic carbocycles. The van der Waals surface area contributed by atoms with Gasteiger partial charge in [0, 0.05) is 17.7 Å². The number of amides is 1. The Morgan fingerprint density at radius 3 is 2.33 bits per heavy atom. The number of hydrogen-bond donors (Lipinski definition) is 2. The van der Waals surface area contributed by atoms with Crippen LogP contribution in [0.25, 0.3) is 5.76 Å². The van der Waals surface area contributed by atoms with E-state index in [-0.39, 0.29) is 48.1 Å². The number of anilines is 1. The lowest BCUT2D eigenvalue weighted by Crippen LogP contribution is -2.29. The maximum atomic E-state index is 13.4. The number of ether oxygens (including phenoxy) is 1. The van der Waals surface area contributed by atoms with Crippen LogP contribution in [-0.4, -0.2) is 47.3 Å². The summed E-state index contributed by atoms with van der Waals surface area (Å²) < 4.78 is 31.4. The Balaban J connectivity index is 1.64. The van der Waals surface area contributed by atoms with Crippen LogP contribution in [0.5, 0.6) is 11.5 Å². The summed E-state index contributed by atoms with van der Waals surface area (Å²) in [6, 6.07) is 13.8. The zero-order valence-corrected chi connectivity index (χ0v) is 23.5. The second-order valence-corrected chi connectivity index (χ2v) is 12.4. The van der Waals surface area contributed by atoms with Crippen LogP contribution in [0.4, 0.5) is 10.8 Å². The number of methoxy groups -OCH3 is 1. The molecule has 1 fully saturated rings. The molecule has 0 radical (unpaired) electrons. The third kappa shape index (κ3) is 4.86. The van der Waals surface area contributed by atoms with E-state index in [1.807, 2.05) is 6.92 Å². The van der Waals surface area contributed by atoms with Gasteiger partial charge >= 0.3 is 5.91 Å². The van der Waals surface area contributed by atoms with E-state index in [4.69, 9.17) is 4.74 Å². The van der Waals surface area contributed by atoms with Gasteiger partial charge in [-0.1, -0.05) is 47.2 Å². The van der Waals surface area contributed by atoms with Gasteiger partial charge < -0.3 is 14.9 Å². The molecule has 2 N–H and O–H groups in total. The summed E-state index contributed by atoms with van der Waals surface area (Å²) in [5, 5.41) is 32.5. The molecule has 1 aliphatic heterocycles. The van der Waals surface area contributed by atoms with Crippen molar-refractivity contribution >= 4 is 49.4 Å². The first kappa shape index (κ1) is 28.4. The highest BCUT2D eigenvalue weighted by Gasteiger charge is 2.48. The molecule has 1 amide bonds. The molecule has 0 saturated carbocycles. The fourth-order valence-corrected chi connectivity index (χ4v) is 6.99. The first-order chi connectivity index (χ1) is 19.9. The molecule has 0 bridgehead atoms. The Labute approximate surface area is 242 Å². The number of ketones is 1. The number of hydrogen-bond acceptors (Lipinski definition) is 11. The van der Waals surface area contributed by atoms with Crippen LogP contribution in [0.3, 0.4) is 0 Å². The monoisotopic (exact) mass is 607 g/mol. The molecule has 1 aliphatic rings. The van der Waals surface area contributed by atoms with Crippen molar-refractivity contribution in [2.45, 2.75) is 22.1 Å². The molecule has 1 unspecified atom stereocenters. The minimum atomic E-state index is -4.20. The number of aliphatic hydroxyl groups excluding tert-OH is 1. The van der Waals surface area contributed by atoms with Gasteiger partial charge in [-0.05, 0) is 36.8 Å². The number of rotatable bonds is 7. The number of phenols is 1. The van der Waals surface area contributed by atoms with Crippen LogP contribution in [-0.2, 0) is 19.4 Å². The number of thiazole rings is 1. The largest absolute Gasteiger partial charge is 0.507 e. The molecule has 42 heavy (non-hydrogen) atoms. The number of carbonyl (C=O) groups is 2. The molecule has 0 spiro atoms. The van der Waals surface area contributed by atoms with Crippen molar-refractivity contribution in [2.24, 2.45) is 0 Å². The van der Waals surface area contributed by atoms with E-state index in [0.717, 1.165) is 40.9 Å². The van der Waals surface area contributed by atoms with Crippen molar-refractivity contribution in [3.05, 3.63) is 105 Å². The van der Waals surface area contributed by atoms with Crippen molar-refractivity contribution in [3.63, 3.8) is 0 Å². The Morgan fingerprint density at radius 2 is 1.74 bits per heavy atom. The van der Waals surface area contributed by atoms with Crippen molar-refractivity contribution in [1.82, 2.24) is 4.98 Å². The lowest BCUT2D eigenvalue weighted by molar-refractivity contribution is -0.384. The van der Waals surface area contributed by atoms with Gasteiger partial charge in [-0.2, -0.15) is 0 Å². The minimum Gasteiger partial charge on any atom is -0.507 e. The van der Waals surface area contributed by atoms with E-state index < -0.39 is 38.3 Å². The molecule has 14 heteroatoms. The Hall–Kier alpha value is -5.08. The SMILES string of the molecule is COc1ccc(C2/C(=C(/O)c3ccc(C)cc3)C(=O)C(=O)N2c2ncc(S(=O)(=O)c3ccc([N+](=O)[O-])cc3)s2)cc1O. The Bertz CT molecular complexity index is 1880. The molecule has 3 aromatic carbocycles. The Kier molecular flexibility index (Phi) is 7.26. The van der Waals surface area contributed by atoms with Gasteiger partial charge in [0.2, 0.25) is 9.84 Å². The van der Waals surface area contributed by atoms with Gasteiger partial charge in [-0.25, -0.2) is 13.4 Å². The zero-order valence-electron chi connectivity index (χ0n) is 21.9. The maximum Gasteiger partial charge on any atom is 0.301 e. The number of nitro benzene ring substituents is 1. The number of Topliss-reactive ketones (excluding diaryl/α,β-unsaturated/α-hetero) is 1. The number of non-ortho nitro benzene ring substituents is 1. The second kappa shape index (κ2) is 10.7. The average molecular weight is 608 g/mol. The number of aliphatic hydroxyl groups is 1. The normalized spacial score (nSPS) is 16.5. The molecular formula is C28H21N3O9S2. The average Bonchev–Trinajstić information content (AvgIpc) is 3.56. The summed E-state index contributed by atoms with van der Waals surface area (Å²) in [5.74, 6) is -2.75. The van der Waals surface area contributed by atoms with Gasteiger partial charge in [-0.15, -0.1) is 0 Å². The molecule has 1 saturated heterocycles. The molecule has 4 aromatic rings. The summed E-state index contributed by atoms with van der Waals surface area (Å²) in [5.41, 5.74) is 0.799. The minimum absolute atomic E-state index is 0.125. The van der Waals surface area contributed by atoms with E-state index in [9.17, 15) is 38.3 Å². The zero-order chi connectivity index (χ0) is 30.3. The summed E-state index contributed by atoms with van der Waals surface area (Å²) in [7, 11) is -2.86. The van der Waals surface area contributed by atoms with Crippen LogP contribution < -0.4 is 9.64 Å². The third-order valence-corrected chi connectivity index (χ3v) is 9.82. The van der Waals surface area contributed by atoms with Gasteiger partial charge in [-0.3, -0.25) is 24.6 Å². The third-order valence-electron chi connectivity index (χ3n) is 6.59. The number of aromatic nitrogens is 1. The molecule has 1 aromatic heterocycles. The topological polar surface area (TPSA) is 177 Å². The predicted octanol–water partition coefficient (Wildman–Crippen LogP) is 4.53. The van der Waals surface area contributed by atoms with E-state index in [0.29, 0.717) is 11.3 Å². The van der Waals surface area contributed by atoms with E-state index in [2.05, 4.69) is 4.98 Å². The highest BCUT2D eigenvalue weighted by Crippen LogP contribution is 2.45. The molecular weight excluding hydrogens is 586 g/mol. The second-order valence-electron chi connectivity index (χ2n) is 9.18. The van der Waals surface area contributed by atoms with E-state index in [1.54, 1.807) is 24.3 Å². The number of aromatic hydroxyl groups is 1. The standard InChI is InChI=1S/C28H21N3O9S2/c1-15-3-5-16(6-4-15)25(33)23-24(17-7-12-21(40-2)20(32)13-17)30(27(35)26(23)34)28-29-14-22(41-28)42(38,39)19-10-8-18(9-11-19)31(36)37/h3-14,24,32-33H,1-2H3/b25-23-. The Morgan fingerprint density at radius 1 is 1.07 bits per heavy atom. The maximum absolute atomic E-state index is 13.4. The van der Waals surface area contributed by atoms with Crippen LogP contribution in [0.1, 0.15) is 22.7 Å². The van der Waals surface area contributed by atoms with Gasteiger partial charge in [0.1, 0.15) is 9.97 Å². The van der Waals surface area contributed by atoms with Crippen molar-refractivity contribution in [3.8, 4) is 11.5 Å². The smallest absolute Gasteiger partial charge is 0.301 e. The molecule has 5 rings (SSSR count). The van der Waals surface area contributed by atoms with Crippen LogP contribution in [0.15, 0.2) is 87.6 Å². The van der Waals surface area contributed by atoms with Crippen molar-refractivity contribution in [2.75, 3.05) is 12.0 Å². The van der Waals surface area contributed by atoms with Crippen LogP contribution >= 0.6 is 11.3 Å². The van der Waals surface area contributed by atoms with Gasteiger partial charge in [0.15, 0.2) is 16.6 Å². The van der Waals surface area contributed by atoms with E-state index >= 15 is 0 Å². The fourth-order valence-electron chi connectivity index (χ4n) is 4.44. The highest BCUT2D eigenvalue weighted by atomic mass is 32.2. The highest BCUT2D eigenvalue weighted by molar-refractivity contribution is 7.93. The van der Waals surface area contributed by atoms with Crippen LogP contribution in [0, 0.1) is 17.0 Å². The first-order valence-electron chi connectivity index (χ1n) is 12.1. The summed E-state index contributed by atoms with van der Waals surface area (Å²) in [6.07, 6.45) is 1.01. The van der Waals surface area contributed by atoms with Crippen molar-refractivity contribution in [1.29, 1.82) is 0 Å². The van der Waals surface area contributed by atoms with Gasteiger partial charge in [0.25, 0.3) is 11.5 Å². The van der Waals surface area contributed by atoms with Gasteiger partial charge in [0.05, 0.1) is 34.7 Å². The molecule has 1 atom stereocenters. The number of aryl methyl sites for hydroxylation is 1. The van der Waals surface area contributed by atoms with E-state index in [1.165, 1.54) is 25.3 Å². The first-order valence-corrected chi connectivity index (χ1v) is 14.4. The number of benzene rings is 3. The summed E-state index contributed by atoms with van der Waals surface area (Å²) in [6.45, 7) is 1.84.